The van der Waals surface area contributed by atoms with Gasteiger partial charge in [-0.2, -0.15) is 4.31 Å². The quantitative estimate of drug-likeness (QED) is 0.637. The maximum atomic E-state index is 13.2. The van der Waals surface area contributed by atoms with Crippen LogP contribution in [-0.2, 0) is 14.8 Å². The number of anilines is 1. The molecule has 2 aromatic rings. The number of carbonyl (C=O) groups is 1. The Hall–Kier alpha value is -2.36. The molecule has 1 aromatic carbocycles. The van der Waals surface area contributed by atoms with Crippen molar-refractivity contribution in [3.63, 3.8) is 0 Å². The molecular weight excluding hydrogens is 442 g/mol. The molecule has 8 nitrogen and oxygen atoms in total. The van der Waals surface area contributed by atoms with Crippen LogP contribution in [0.15, 0.2) is 41.4 Å². The summed E-state index contributed by atoms with van der Waals surface area (Å²) in [6.45, 7) is 4.94. The highest BCUT2D eigenvalue weighted by atomic mass is 35.5. The molecule has 1 saturated heterocycles. The van der Waals surface area contributed by atoms with Gasteiger partial charge >= 0.3 is 0 Å². The molecule has 1 unspecified atom stereocenters. The summed E-state index contributed by atoms with van der Waals surface area (Å²) in [7, 11) is -3.79. The Morgan fingerprint density at radius 1 is 1.19 bits per heavy atom. The van der Waals surface area contributed by atoms with Gasteiger partial charge in [0.25, 0.3) is 0 Å². The molecule has 1 aromatic heterocycles. The number of hydrogen-bond acceptors (Lipinski definition) is 6. The lowest BCUT2D eigenvalue weighted by Crippen LogP contribution is -2.43. The maximum Gasteiger partial charge on any atom is 0.243 e. The number of rotatable bonds is 8. The predicted octanol–water partition coefficient (Wildman–Crippen LogP) is 3.57. The Kier molecular flexibility index (Phi) is 7.74. The number of benzene rings is 1. The molecule has 168 valence electrons. The molecule has 10 heteroatoms. The number of pyridine rings is 1. The average molecular weight is 468 g/mol. The van der Waals surface area contributed by atoms with Crippen LogP contribution in [0.4, 0.5) is 5.82 Å². The van der Waals surface area contributed by atoms with Crippen molar-refractivity contribution in [1.29, 1.82) is 0 Å². The zero-order chi connectivity index (χ0) is 22.4. The number of nitrogens with one attached hydrogen (secondary N) is 1. The first-order valence-corrected chi connectivity index (χ1v) is 12.0. The third-order valence-corrected chi connectivity index (χ3v) is 6.97. The molecule has 0 saturated carbocycles. The lowest BCUT2D eigenvalue weighted by atomic mass is 9.99. The zero-order valence-corrected chi connectivity index (χ0v) is 19.1. The van der Waals surface area contributed by atoms with E-state index >= 15 is 0 Å². The molecule has 31 heavy (non-hydrogen) atoms. The number of ether oxygens (including phenoxy) is 2. The number of aromatic nitrogens is 1. The fraction of sp³-hybridized carbons (Fsp3) is 0.429. The van der Waals surface area contributed by atoms with Crippen LogP contribution in [0.25, 0.3) is 0 Å². The van der Waals surface area contributed by atoms with Crippen LogP contribution in [-0.4, -0.2) is 49.9 Å². The van der Waals surface area contributed by atoms with Crippen molar-refractivity contribution in [2.24, 2.45) is 5.92 Å². The van der Waals surface area contributed by atoms with E-state index in [1.807, 2.05) is 13.8 Å². The monoisotopic (exact) mass is 467 g/mol. The number of hydrogen-bond donors (Lipinski definition) is 1. The van der Waals surface area contributed by atoms with Gasteiger partial charge in [0.2, 0.25) is 15.9 Å². The minimum Gasteiger partial charge on any atom is -0.490 e. The molecule has 1 N–H and O–H groups in total. The molecule has 1 amide bonds. The standard InChI is InChI=1S/C21H26ClN3O5S/c1-3-29-18-9-8-17(12-19(18)30-4-2)31(27,28)25-11-5-6-15(14-25)21(26)24-20-10-7-16(22)13-23-20/h7-10,12-13,15H,3-6,11,14H2,1-2H3,(H,23,24,26). The van der Waals surface area contributed by atoms with E-state index in [0.717, 1.165) is 0 Å². The molecule has 0 radical (unpaired) electrons. The number of halogens is 1. The van der Waals surface area contributed by atoms with Crippen LogP contribution in [0.1, 0.15) is 26.7 Å². The van der Waals surface area contributed by atoms with Crippen molar-refractivity contribution in [2.75, 3.05) is 31.6 Å². The van der Waals surface area contributed by atoms with Crippen LogP contribution >= 0.6 is 11.6 Å². The van der Waals surface area contributed by atoms with E-state index in [9.17, 15) is 13.2 Å². The molecule has 1 aliphatic heterocycles. The number of carbonyl (C=O) groups excluding carboxylic acids is 1. The Balaban J connectivity index is 1.76. The average Bonchev–Trinajstić information content (AvgIpc) is 2.77. The van der Waals surface area contributed by atoms with Crippen molar-refractivity contribution >= 4 is 33.3 Å². The van der Waals surface area contributed by atoms with Gasteiger partial charge in [-0.3, -0.25) is 4.79 Å². The number of piperidine rings is 1. The summed E-state index contributed by atoms with van der Waals surface area (Å²) in [5.41, 5.74) is 0. The van der Waals surface area contributed by atoms with E-state index in [1.54, 1.807) is 18.2 Å². The summed E-state index contributed by atoms with van der Waals surface area (Å²) in [4.78, 5) is 16.8. The van der Waals surface area contributed by atoms with E-state index in [4.69, 9.17) is 21.1 Å². The van der Waals surface area contributed by atoms with Gasteiger partial charge in [-0.05, 0) is 51.0 Å². The first kappa shape index (κ1) is 23.3. The van der Waals surface area contributed by atoms with E-state index < -0.39 is 15.9 Å². The van der Waals surface area contributed by atoms with Crippen LogP contribution in [0.5, 0.6) is 11.5 Å². The van der Waals surface area contributed by atoms with Crippen molar-refractivity contribution in [3.05, 3.63) is 41.6 Å². The molecule has 2 heterocycles. The normalized spacial score (nSPS) is 17.2. The fourth-order valence-corrected chi connectivity index (χ4v) is 5.05. The van der Waals surface area contributed by atoms with Gasteiger partial charge < -0.3 is 14.8 Å². The Morgan fingerprint density at radius 3 is 2.61 bits per heavy atom. The molecule has 0 aliphatic carbocycles. The second-order valence-corrected chi connectivity index (χ2v) is 9.40. The van der Waals surface area contributed by atoms with Crippen molar-refractivity contribution in [1.82, 2.24) is 9.29 Å². The van der Waals surface area contributed by atoms with Crippen LogP contribution in [0.2, 0.25) is 5.02 Å². The predicted molar refractivity (Wildman–Crippen MR) is 118 cm³/mol. The second kappa shape index (κ2) is 10.3. The largest absolute Gasteiger partial charge is 0.490 e. The molecule has 1 aliphatic rings. The van der Waals surface area contributed by atoms with Crippen molar-refractivity contribution < 1.29 is 22.7 Å². The summed E-state index contributed by atoms with van der Waals surface area (Å²) >= 11 is 5.82. The SMILES string of the molecule is CCOc1ccc(S(=O)(=O)N2CCCC(C(=O)Nc3ccc(Cl)cn3)C2)cc1OCC. The number of nitrogens with zero attached hydrogens (tertiary/aromatic N) is 2. The van der Waals surface area contributed by atoms with Gasteiger partial charge in [-0.25, -0.2) is 13.4 Å². The molecular formula is C21H26ClN3O5S. The summed E-state index contributed by atoms with van der Waals surface area (Å²) in [6.07, 6.45) is 2.62. The first-order chi connectivity index (χ1) is 14.8. The van der Waals surface area contributed by atoms with Gasteiger partial charge in [0.1, 0.15) is 5.82 Å². The van der Waals surface area contributed by atoms with Crippen LogP contribution in [0.3, 0.4) is 0 Å². The van der Waals surface area contributed by atoms with E-state index in [0.29, 0.717) is 54.9 Å². The van der Waals surface area contributed by atoms with Crippen LogP contribution in [0, 0.1) is 5.92 Å². The van der Waals surface area contributed by atoms with Crippen LogP contribution < -0.4 is 14.8 Å². The summed E-state index contributed by atoms with van der Waals surface area (Å²) < 4.78 is 38.9. The molecule has 0 spiro atoms. The summed E-state index contributed by atoms with van der Waals surface area (Å²) in [6, 6.07) is 7.81. The molecule has 1 fully saturated rings. The third kappa shape index (κ3) is 5.66. The lowest BCUT2D eigenvalue weighted by Gasteiger charge is -2.31. The lowest BCUT2D eigenvalue weighted by molar-refractivity contribution is -0.120. The van der Waals surface area contributed by atoms with Gasteiger partial charge in [0.15, 0.2) is 11.5 Å². The van der Waals surface area contributed by atoms with Crippen molar-refractivity contribution in [3.8, 4) is 11.5 Å². The molecule has 1 atom stereocenters. The van der Waals surface area contributed by atoms with Gasteiger partial charge in [0.05, 0.1) is 29.0 Å². The van der Waals surface area contributed by atoms with E-state index in [1.165, 1.54) is 22.6 Å². The first-order valence-electron chi connectivity index (χ1n) is 10.2. The van der Waals surface area contributed by atoms with Gasteiger partial charge in [0, 0.05) is 25.4 Å². The van der Waals surface area contributed by atoms with Gasteiger partial charge in [-0.1, -0.05) is 11.6 Å². The highest BCUT2D eigenvalue weighted by molar-refractivity contribution is 7.89. The van der Waals surface area contributed by atoms with Crippen molar-refractivity contribution in [2.45, 2.75) is 31.6 Å². The minimum atomic E-state index is -3.79. The summed E-state index contributed by atoms with van der Waals surface area (Å²) in [5.74, 6) is 0.508. The topological polar surface area (TPSA) is 97.8 Å². The molecule has 3 rings (SSSR count). The zero-order valence-electron chi connectivity index (χ0n) is 17.5. The maximum absolute atomic E-state index is 13.2. The Labute approximate surface area is 187 Å². The highest BCUT2D eigenvalue weighted by Crippen LogP contribution is 2.32. The Bertz CT molecular complexity index is 1010. The number of sulfonamides is 1. The van der Waals surface area contributed by atoms with E-state index in [-0.39, 0.29) is 17.3 Å². The smallest absolute Gasteiger partial charge is 0.243 e. The molecule has 0 bridgehead atoms. The third-order valence-electron chi connectivity index (χ3n) is 4.89. The summed E-state index contributed by atoms with van der Waals surface area (Å²) in [5, 5.41) is 3.20. The van der Waals surface area contributed by atoms with E-state index in [2.05, 4.69) is 10.3 Å². The highest BCUT2D eigenvalue weighted by Gasteiger charge is 2.34. The number of amides is 1. The van der Waals surface area contributed by atoms with Gasteiger partial charge in [-0.15, -0.1) is 0 Å². The Morgan fingerprint density at radius 2 is 1.94 bits per heavy atom. The second-order valence-electron chi connectivity index (χ2n) is 7.03. The fourth-order valence-electron chi connectivity index (χ4n) is 3.39. The minimum absolute atomic E-state index is 0.0962.